The van der Waals surface area contributed by atoms with Crippen LogP contribution in [0.5, 0.6) is 0 Å². The van der Waals surface area contributed by atoms with Gasteiger partial charge in [-0.3, -0.25) is 14.0 Å². The van der Waals surface area contributed by atoms with Crippen LogP contribution in [0.2, 0.25) is 0 Å². The molecule has 1 aromatic heterocycles. The van der Waals surface area contributed by atoms with E-state index in [0.29, 0.717) is 18.1 Å². The van der Waals surface area contributed by atoms with Gasteiger partial charge in [-0.1, -0.05) is 12.8 Å². The third kappa shape index (κ3) is 3.20. The number of hydrogen-bond acceptors (Lipinski definition) is 3. The lowest BCUT2D eigenvalue weighted by Crippen LogP contribution is -2.36. The first-order valence-electron chi connectivity index (χ1n) is 8.66. The summed E-state index contributed by atoms with van der Waals surface area (Å²) >= 11 is 0. The molecule has 0 radical (unpaired) electrons. The first-order chi connectivity index (χ1) is 12.1. The zero-order valence-electron chi connectivity index (χ0n) is 14.7. The highest BCUT2D eigenvalue weighted by molar-refractivity contribution is 5.92. The van der Waals surface area contributed by atoms with Crippen LogP contribution in [-0.2, 0) is 13.1 Å². The Labute approximate surface area is 146 Å². The molecule has 1 N–H and O–H groups in total. The Hall–Kier alpha value is -2.52. The van der Waals surface area contributed by atoms with Gasteiger partial charge in [0.15, 0.2) is 0 Å². The number of carboxylic acid groups (broad SMARTS) is 1. The Balaban J connectivity index is 2.10. The Morgan fingerprint density at radius 2 is 2.12 bits per heavy atom. The second-order valence-electron chi connectivity index (χ2n) is 6.34. The molecule has 3 rings (SSSR count). The number of fused-ring (bicyclic) bond motifs is 1. The maximum Gasteiger partial charge on any atom is 0.335 e. The van der Waals surface area contributed by atoms with Crippen LogP contribution in [0.4, 0.5) is 0 Å². The summed E-state index contributed by atoms with van der Waals surface area (Å²) in [4.78, 5) is 26.6. The molecule has 2 heterocycles. The van der Waals surface area contributed by atoms with E-state index in [2.05, 4.69) is 23.7 Å². The van der Waals surface area contributed by atoms with Crippen LogP contribution in [0, 0.1) is 11.8 Å². The molecule has 1 atom stereocenters. The van der Waals surface area contributed by atoms with Crippen molar-refractivity contribution in [2.45, 2.75) is 45.8 Å². The topological polar surface area (TPSA) is 67.5 Å². The lowest BCUT2D eigenvalue weighted by atomic mass is 10.2. The zero-order valence-corrected chi connectivity index (χ0v) is 14.7. The zero-order chi connectivity index (χ0) is 18.0. The van der Waals surface area contributed by atoms with E-state index < -0.39 is 5.97 Å². The Morgan fingerprint density at radius 1 is 1.32 bits per heavy atom. The van der Waals surface area contributed by atoms with E-state index in [1.54, 1.807) is 34.3 Å². The van der Waals surface area contributed by atoms with Gasteiger partial charge in [0.1, 0.15) is 0 Å². The van der Waals surface area contributed by atoms with Crippen molar-refractivity contribution in [1.82, 2.24) is 14.0 Å². The van der Waals surface area contributed by atoms with Gasteiger partial charge in [-0.2, -0.15) is 0 Å². The van der Waals surface area contributed by atoms with E-state index in [0.717, 1.165) is 31.4 Å². The maximum absolute atomic E-state index is 13.0. The number of imidazole rings is 1. The number of aromatic carboxylic acids is 1. The highest BCUT2D eigenvalue weighted by Gasteiger charge is 2.25. The quantitative estimate of drug-likeness (QED) is 0.845. The van der Waals surface area contributed by atoms with Crippen LogP contribution in [0.3, 0.4) is 0 Å². The molecule has 132 valence electrons. The first-order valence-corrected chi connectivity index (χ1v) is 8.66. The third-order valence-electron chi connectivity index (χ3n) is 4.98. The molecular weight excluding hydrogens is 318 g/mol. The van der Waals surface area contributed by atoms with Gasteiger partial charge in [0.2, 0.25) is 0 Å². The molecule has 6 nitrogen and oxygen atoms in total. The molecule has 0 unspecified atom stereocenters. The van der Waals surface area contributed by atoms with Crippen molar-refractivity contribution in [2.24, 2.45) is 0 Å². The lowest BCUT2D eigenvalue weighted by Gasteiger charge is -2.22. The van der Waals surface area contributed by atoms with Gasteiger partial charge in [-0.25, -0.2) is 9.59 Å². The third-order valence-corrected chi connectivity index (χ3v) is 4.98. The summed E-state index contributed by atoms with van der Waals surface area (Å²) in [6, 6.07) is 5.21. The van der Waals surface area contributed by atoms with Gasteiger partial charge in [-0.05, 0) is 51.1 Å². The number of aromatic nitrogens is 2. The summed E-state index contributed by atoms with van der Waals surface area (Å²) in [5.41, 5.74) is 1.46. The highest BCUT2D eigenvalue weighted by atomic mass is 16.4. The number of likely N-dealkylation sites (tertiary alicyclic amines) is 1. The van der Waals surface area contributed by atoms with Crippen molar-refractivity contribution in [3.05, 3.63) is 34.2 Å². The van der Waals surface area contributed by atoms with Crippen molar-refractivity contribution in [2.75, 3.05) is 13.1 Å². The van der Waals surface area contributed by atoms with Crippen molar-refractivity contribution in [3.63, 3.8) is 0 Å². The minimum atomic E-state index is -0.997. The van der Waals surface area contributed by atoms with Crippen LogP contribution < -0.4 is 5.69 Å². The largest absolute Gasteiger partial charge is 0.478 e. The number of nitrogens with zero attached hydrogens (tertiary/aromatic N) is 3. The van der Waals surface area contributed by atoms with Gasteiger partial charge in [0.25, 0.3) is 0 Å². The molecule has 0 bridgehead atoms. The lowest BCUT2D eigenvalue weighted by molar-refractivity contribution is 0.0697. The molecule has 0 saturated carbocycles. The predicted octanol–water partition coefficient (Wildman–Crippen LogP) is 2.01. The summed E-state index contributed by atoms with van der Waals surface area (Å²) in [5.74, 6) is 4.72. The predicted molar refractivity (Wildman–Crippen MR) is 96.9 cm³/mol. The van der Waals surface area contributed by atoms with Gasteiger partial charge < -0.3 is 5.11 Å². The number of carbonyl (C=O) groups is 1. The van der Waals surface area contributed by atoms with Crippen LogP contribution in [0.15, 0.2) is 23.0 Å². The van der Waals surface area contributed by atoms with Crippen molar-refractivity contribution < 1.29 is 9.90 Å². The molecule has 1 saturated heterocycles. The minimum Gasteiger partial charge on any atom is -0.478 e. The fourth-order valence-electron chi connectivity index (χ4n) is 3.67. The number of rotatable bonds is 5. The summed E-state index contributed by atoms with van der Waals surface area (Å²) in [5, 5.41) is 9.25. The molecule has 25 heavy (non-hydrogen) atoms. The average Bonchev–Trinajstić information content (AvgIpc) is 3.16. The maximum atomic E-state index is 13.0. The second kappa shape index (κ2) is 7.16. The Morgan fingerprint density at radius 3 is 2.80 bits per heavy atom. The molecule has 6 heteroatoms. The number of carboxylic acids is 1. The Bertz CT molecular complexity index is 914. The van der Waals surface area contributed by atoms with E-state index >= 15 is 0 Å². The van der Waals surface area contributed by atoms with Gasteiger partial charge in [0, 0.05) is 12.6 Å². The van der Waals surface area contributed by atoms with Crippen LogP contribution >= 0.6 is 0 Å². The summed E-state index contributed by atoms with van der Waals surface area (Å²) in [6.45, 7) is 6.80. The van der Waals surface area contributed by atoms with E-state index in [9.17, 15) is 14.7 Å². The van der Waals surface area contributed by atoms with E-state index in [1.807, 2.05) is 0 Å². The van der Waals surface area contributed by atoms with Crippen LogP contribution in [0.25, 0.3) is 11.0 Å². The number of likely N-dealkylation sites (N-methyl/N-ethyl adjacent to an activating group) is 1. The fourth-order valence-corrected chi connectivity index (χ4v) is 3.67. The molecule has 1 aliphatic heterocycles. The minimum absolute atomic E-state index is 0.122. The normalized spacial score (nSPS) is 17.6. The monoisotopic (exact) mass is 341 g/mol. The molecule has 0 spiro atoms. The number of hydrogen-bond donors (Lipinski definition) is 1. The van der Waals surface area contributed by atoms with Gasteiger partial charge in [0.05, 0.1) is 23.1 Å². The summed E-state index contributed by atoms with van der Waals surface area (Å²) in [7, 11) is 0. The highest BCUT2D eigenvalue weighted by Crippen LogP contribution is 2.21. The van der Waals surface area contributed by atoms with Crippen molar-refractivity contribution in [3.8, 4) is 11.8 Å². The molecule has 0 aliphatic carbocycles. The van der Waals surface area contributed by atoms with Gasteiger partial charge >= 0.3 is 11.7 Å². The molecular formula is C19H23N3O3. The van der Waals surface area contributed by atoms with Crippen molar-refractivity contribution in [1.29, 1.82) is 0 Å². The number of benzene rings is 1. The van der Waals surface area contributed by atoms with Crippen LogP contribution in [-0.4, -0.2) is 44.2 Å². The molecule has 0 amide bonds. The first kappa shape index (κ1) is 17.3. The average molecular weight is 341 g/mol. The van der Waals surface area contributed by atoms with E-state index in [-0.39, 0.29) is 17.8 Å². The van der Waals surface area contributed by atoms with Crippen molar-refractivity contribution >= 4 is 17.0 Å². The fraction of sp³-hybridized carbons (Fsp3) is 0.474. The second-order valence-corrected chi connectivity index (χ2v) is 6.34. The molecule has 1 aliphatic rings. The smallest absolute Gasteiger partial charge is 0.335 e. The van der Waals surface area contributed by atoms with E-state index in [4.69, 9.17) is 0 Å². The molecule has 1 aromatic carbocycles. The molecule has 2 aromatic rings. The standard InChI is InChI=1S/C19H23N3O3/c1-3-5-11-21-17-12-14(18(23)24)8-9-16(17)22(19(21)25)13-15-7-6-10-20(15)4-2/h8-9,12,15H,4,6-7,10-11,13H2,1-2H3,(H,23,24)/t15-/m0/s1. The van der Waals surface area contributed by atoms with Crippen LogP contribution in [0.1, 0.15) is 37.0 Å². The molecule has 1 fully saturated rings. The van der Waals surface area contributed by atoms with Gasteiger partial charge in [-0.15, -0.1) is 5.92 Å². The SMILES string of the molecule is CC#CCn1c(=O)n(C[C@@H]2CCCN2CC)c2ccc(C(=O)O)cc21. The summed E-state index contributed by atoms with van der Waals surface area (Å²) < 4.78 is 3.35. The Kier molecular flexibility index (Phi) is 4.95. The summed E-state index contributed by atoms with van der Waals surface area (Å²) in [6.07, 6.45) is 2.23. The van der Waals surface area contributed by atoms with E-state index in [1.165, 1.54) is 0 Å².